The Bertz CT molecular complexity index is 1430. The van der Waals surface area contributed by atoms with E-state index in [0.29, 0.717) is 52.8 Å². The van der Waals surface area contributed by atoms with E-state index in [1.54, 1.807) is 6.92 Å². The fourth-order valence-corrected chi connectivity index (χ4v) is 4.18. The minimum absolute atomic E-state index is 0.0964. The molecule has 33 heavy (non-hydrogen) atoms. The summed E-state index contributed by atoms with van der Waals surface area (Å²) in [7, 11) is 1.26. The summed E-state index contributed by atoms with van der Waals surface area (Å²) >= 11 is 1.27. The van der Waals surface area contributed by atoms with Gasteiger partial charge in [0.1, 0.15) is 13.2 Å². The van der Waals surface area contributed by atoms with Gasteiger partial charge in [-0.3, -0.25) is 4.79 Å². The minimum atomic E-state index is -0.618. The molecule has 1 aliphatic rings. The average Bonchev–Trinajstić information content (AvgIpc) is 3.30. The van der Waals surface area contributed by atoms with Crippen LogP contribution in [0.5, 0.6) is 11.5 Å². The zero-order chi connectivity index (χ0) is 22.9. The van der Waals surface area contributed by atoms with Crippen molar-refractivity contribution < 1.29 is 23.5 Å². The van der Waals surface area contributed by atoms with Crippen molar-refractivity contribution in [2.45, 2.75) is 17.8 Å². The lowest BCUT2D eigenvalue weighted by molar-refractivity contribution is 0.0602. The van der Waals surface area contributed by atoms with E-state index >= 15 is 0 Å². The summed E-state index contributed by atoms with van der Waals surface area (Å²) in [6, 6.07) is 8.88. The zero-order valence-corrected chi connectivity index (χ0v) is 18.5. The highest BCUT2D eigenvalue weighted by molar-refractivity contribution is 7.98. The Morgan fingerprint density at radius 3 is 2.79 bits per heavy atom. The molecule has 3 aromatic heterocycles. The molecule has 1 aliphatic heterocycles. The van der Waals surface area contributed by atoms with Gasteiger partial charge in [0.25, 0.3) is 5.56 Å². The van der Waals surface area contributed by atoms with Gasteiger partial charge in [-0.25, -0.2) is 14.8 Å². The summed E-state index contributed by atoms with van der Waals surface area (Å²) in [5.74, 6) is 1.73. The molecule has 0 spiro atoms. The van der Waals surface area contributed by atoms with Gasteiger partial charge in [-0.1, -0.05) is 16.9 Å². The van der Waals surface area contributed by atoms with E-state index in [9.17, 15) is 9.59 Å². The quantitative estimate of drug-likeness (QED) is 0.266. The predicted octanol–water partition coefficient (Wildman–Crippen LogP) is 3.13. The molecule has 10 nitrogen and oxygen atoms in total. The number of H-pyrrole nitrogens is 1. The number of aromatic amines is 1. The Balaban J connectivity index is 1.37. The summed E-state index contributed by atoms with van der Waals surface area (Å²) in [6.45, 7) is 2.75. The fraction of sp³-hybridized carbons (Fsp3) is 0.227. The van der Waals surface area contributed by atoms with Crippen LogP contribution in [0, 0.1) is 6.92 Å². The van der Waals surface area contributed by atoms with E-state index in [4.69, 9.17) is 18.7 Å². The first-order valence-electron chi connectivity index (χ1n) is 10.0. The van der Waals surface area contributed by atoms with Crippen LogP contribution >= 0.6 is 11.8 Å². The number of hydrogen-bond acceptors (Lipinski definition) is 10. The van der Waals surface area contributed by atoms with E-state index in [1.165, 1.54) is 24.9 Å². The molecule has 0 saturated heterocycles. The van der Waals surface area contributed by atoms with Gasteiger partial charge < -0.3 is 23.7 Å². The molecule has 0 unspecified atom stereocenters. The van der Waals surface area contributed by atoms with Crippen molar-refractivity contribution in [3.8, 4) is 22.8 Å². The number of aryl methyl sites for hydroxylation is 1. The van der Waals surface area contributed by atoms with Crippen LogP contribution in [0.15, 0.2) is 44.8 Å². The van der Waals surface area contributed by atoms with Crippen molar-refractivity contribution in [3.63, 3.8) is 0 Å². The normalized spacial score (nSPS) is 12.7. The number of benzene rings is 1. The maximum atomic E-state index is 12.7. The number of carbonyl (C=O) groups excluding carboxylic acids is 1. The third kappa shape index (κ3) is 4.14. The van der Waals surface area contributed by atoms with E-state index in [2.05, 4.69) is 20.1 Å². The number of esters is 1. The standard InChI is InChI=1S/C22H18N4O6S/c1-11-7-14(21(28)29-2)18-19(23-11)24-22(25-20(18)27)33-10-13-9-16(32-26-13)12-3-4-15-17(8-12)31-6-5-30-15/h3-4,7-9H,5-6,10H2,1-2H3,(H,23,24,25,27). The molecule has 0 aliphatic carbocycles. The largest absolute Gasteiger partial charge is 0.486 e. The number of nitrogens with zero attached hydrogens (tertiary/aromatic N) is 3. The van der Waals surface area contributed by atoms with Crippen molar-refractivity contribution in [2.24, 2.45) is 0 Å². The molecule has 1 aromatic carbocycles. The highest BCUT2D eigenvalue weighted by Crippen LogP contribution is 2.35. The lowest BCUT2D eigenvalue weighted by atomic mass is 10.1. The van der Waals surface area contributed by atoms with Crippen molar-refractivity contribution >= 4 is 28.8 Å². The molecular formula is C22H18N4O6S. The highest BCUT2D eigenvalue weighted by Gasteiger charge is 2.18. The minimum Gasteiger partial charge on any atom is -0.486 e. The second kappa shape index (κ2) is 8.58. The number of rotatable bonds is 5. The average molecular weight is 466 g/mol. The Morgan fingerprint density at radius 2 is 1.97 bits per heavy atom. The Morgan fingerprint density at radius 1 is 1.15 bits per heavy atom. The molecule has 0 atom stereocenters. The topological polar surface area (TPSA) is 129 Å². The van der Waals surface area contributed by atoms with E-state index in [0.717, 1.165) is 5.56 Å². The van der Waals surface area contributed by atoms with Gasteiger partial charge in [-0.05, 0) is 31.2 Å². The molecule has 4 heterocycles. The van der Waals surface area contributed by atoms with Gasteiger partial charge in [0.15, 0.2) is 28.1 Å². The third-order valence-corrected chi connectivity index (χ3v) is 5.84. The maximum absolute atomic E-state index is 12.7. The maximum Gasteiger partial charge on any atom is 0.338 e. The summed E-state index contributed by atoms with van der Waals surface area (Å²) in [6.07, 6.45) is 0. The van der Waals surface area contributed by atoms with E-state index in [1.807, 2.05) is 24.3 Å². The number of aromatic nitrogens is 4. The fourth-order valence-electron chi connectivity index (χ4n) is 3.44. The van der Waals surface area contributed by atoms with Gasteiger partial charge in [0, 0.05) is 23.1 Å². The summed E-state index contributed by atoms with van der Waals surface area (Å²) in [5.41, 5.74) is 1.88. The van der Waals surface area contributed by atoms with Crippen LogP contribution in [0.4, 0.5) is 0 Å². The van der Waals surface area contributed by atoms with Crippen molar-refractivity contribution in [3.05, 3.63) is 57.6 Å². The molecule has 4 aromatic rings. The molecule has 5 rings (SSSR count). The second-order valence-electron chi connectivity index (χ2n) is 7.20. The van der Waals surface area contributed by atoms with Crippen LogP contribution in [0.25, 0.3) is 22.4 Å². The van der Waals surface area contributed by atoms with Crippen molar-refractivity contribution in [1.82, 2.24) is 20.1 Å². The van der Waals surface area contributed by atoms with Gasteiger partial charge >= 0.3 is 5.97 Å². The Hall–Kier alpha value is -3.86. The van der Waals surface area contributed by atoms with Crippen LogP contribution in [-0.4, -0.2) is 46.4 Å². The van der Waals surface area contributed by atoms with Gasteiger partial charge in [-0.15, -0.1) is 0 Å². The van der Waals surface area contributed by atoms with Gasteiger partial charge in [0.05, 0.1) is 23.8 Å². The van der Waals surface area contributed by atoms with Crippen LogP contribution < -0.4 is 15.0 Å². The van der Waals surface area contributed by atoms with Gasteiger partial charge in [-0.2, -0.15) is 0 Å². The van der Waals surface area contributed by atoms with Crippen molar-refractivity contribution in [2.75, 3.05) is 20.3 Å². The molecule has 11 heteroatoms. The van der Waals surface area contributed by atoms with Crippen molar-refractivity contribution in [1.29, 1.82) is 0 Å². The number of ether oxygens (including phenoxy) is 3. The zero-order valence-electron chi connectivity index (χ0n) is 17.7. The molecule has 0 radical (unpaired) electrons. The van der Waals surface area contributed by atoms with E-state index in [-0.39, 0.29) is 16.6 Å². The number of nitrogens with one attached hydrogen (secondary N) is 1. The number of thioether (sulfide) groups is 1. The smallest absolute Gasteiger partial charge is 0.338 e. The van der Waals surface area contributed by atoms with Gasteiger partial charge in [0.2, 0.25) is 0 Å². The van der Waals surface area contributed by atoms with Crippen LogP contribution in [0.1, 0.15) is 21.7 Å². The number of methoxy groups -OCH3 is 1. The Kier molecular flexibility index (Phi) is 5.47. The van der Waals surface area contributed by atoms with E-state index < -0.39 is 11.5 Å². The van der Waals surface area contributed by atoms with Crippen LogP contribution in [0.3, 0.4) is 0 Å². The number of pyridine rings is 1. The molecule has 0 bridgehead atoms. The molecule has 0 amide bonds. The SMILES string of the molecule is COC(=O)c1cc(C)nc2nc(SCc3cc(-c4ccc5c(c4)OCCO5)on3)[nH]c(=O)c12. The number of carbonyl (C=O) groups is 1. The predicted molar refractivity (Wildman–Crippen MR) is 119 cm³/mol. The third-order valence-electron chi connectivity index (χ3n) is 4.93. The molecule has 0 saturated carbocycles. The van der Waals surface area contributed by atoms with Crippen LogP contribution in [-0.2, 0) is 10.5 Å². The monoisotopic (exact) mass is 466 g/mol. The molecule has 168 valence electrons. The second-order valence-corrected chi connectivity index (χ2v) is 8.17. The summed E-state index contributed by atoms with van der Waals surface area (Å²) in [4.78, 5) is 36.1. The summed E-state index contributed by atoms with van der Waals surface area (Å²) < 4.78 is 21.4. The molecular weight excluding hydrogens is 448 g/mol. The molecule has 0 fully saturated rings. The first kappa shape index (κ1) is 21.0. The lowest BCUT2D eigenvalue weighted by Gasteiger charge is -2.18. The number of fused-ring (bicyclic) bond motifs is 2. The first-order valence-corrected chi connectivity index (χ1v) is 11.0. The lowest BCUT2D eigenvalue weighted by Crippen LogP contribution is -2.16. The Labute approximate surface area is 191 Å². The van der Waals surface area contributed by atoms with Crippen LogP contribution in [0.2, 0.25) is 0 Å². The highest BCUT2D eigenvalue weighted by atomic mass is 32.2. The number of hydrogen-bond donors (Lipinski definition) is 1. The molecule has 1 N–H and O–H groups in total. The summed E-state index contributed by atoms with van der Waals surface area (Å²) in [5, 5.41) is 4.55. The first-order chi connectivity index (χ1) is 16.0.